The maximum atomic E-state index is 11.9. The van der Waals surface area contributed by atoms with Gasteiger partial charge < -0.3 is 5.32 Å². The Labute approximate surface area is 123 Å². The molecule has 1 aromatic rings. The monoisotopic (exact) mass is 381 g/mol. The highest BCUT2D eigenvalue weighted by Gasteiger charge is 2.17. The van der Waals surface area contributed by atoms with E-state index in [1.165, 1.54) is 0 Å². The molecule has 0 unspecified atom stereocenters. The third-order valence-electron chi connectivity index (χ3n) is 2.27. The molecule has 2 nitrogen and oxygen atoms in total. The van der Waals surface area contributed by atoms with Crippen LogP contribution >= 0.6 is 43.5 Å². The van der Waals surface area contributed by atoms with Gasteiger partial charge in [-0.05, 0) is 39.5 Å². The Morgan fingerprint density at radius 1 is 1.47 bits per heavy atom. The standard InChI is InChI=1S/C12H14Br2ClNO/c1-12(2,6-13)7-16-11(17)8-3-4-9(14)10(15)5-8/h3-5H,6-7H2,1-2H3,(H,16,17). The molecular formula is C12H14Br2ClNO. The van der Waals surface area contributed by atoms with Crippen molar-refractivity contribution in [1.82, 2.24) is 5.32 Å². The van der Waals surface area contributed by atoms with Crippen LogP contribution in [-0.4, -0.2) is 17.8 Å². The van der Waals surface area contributed by atoms with E-state index in [4.69, 9.17) is 11.6 Å². The number of carbonyl (C=O) groups excluding carboxylic acids is 1. The van der Waals surface area contributed by atoms with Crippen LogP contribution in [0, 0.1) is 5.41 Å². The van der Waals surface area contributed by atoms with Gasteiger partial charge in [0.25, 0.3) is 5.91 Å². The average Bonchev–Trinajstić information content (AvgIpc) is 2.30. The summed E-state index contributed by atoms with van der Waals surface area (Å²) in [6.07, 6.45) is 0. The van der Waals surface area contributed by atoms with Crippen molar-refractivity contribution in [3.05, 3.63) is 33.3 Å². The number of alkyl halides is 1. The first-order valence-electron chi connectivity index (χ1n) is 5.15. The number of amides is 1. The highest BCUT2D eigenvalue weighted by molar-refractivity contribution is 9.10. The van der Waals surface area contributed by atoms with E-state index >= 15 is 0 Å². The summed E-state index contributed by atoms with van der Waals surface area (Å²) in [5.41, 5.74) is 0.609. The van der Waals surface area contributed by atoms with Crippen molar-refractivity contribution in [2.24, 2.45) is 5.41 Å². The van der Waals surface area contributed by atoms with Gasteiger partial charge in [0.15, 0.2) is 0 Å². The minimum Gasteiger partial charge on any atom is -0.351 e. The van der Waals surface area contributed by atoms with E-state index in [0.29, 0.717) is 17.1 Å². The van der Waals surface area contributed by atoms with Crippen molar-refractivity contribution in [2.45, 2.75) is 13.8 Å². The van der Waals surface area contributed by atoms with Gasteiger partial charge in [-0.1, -0.05) is 41.4 Å². The molecule has 1 aromatic carbocycles. The lowest BCUT2D eigenvalue weighted by Gasteiger charge is -2.21. The Balaban J connectivity index is 2.68. The van der Waals surface area contributed by atoms with Crippen LogP contribution in [0.3, 0.4) is 0 Å². The minimum absolute atomic E-state index is 0.0365. The van der Waals surface area contributed by atoms with E-state index in [9.17, 15) is 4.79 Å². The fourth-order valence-electron chi connectivity index (χ4n) is 1.11. The van der Waals surface area contributed by atoms with E-state index in [0.717, 1.165) is 9.80 Å². The second-order valence-electron chi connectivity index (χ2n) is 4.61. The SMILES string of the molecule is CC(C)(CBr)CNC(=O)c1ccc(Br)c(Cl)c1. The van der Waals surface area contributed by atoms with Gasteiger partial charge in [0.2, 0.25) is 0 Å². The normalized spacial score (nSPS) is 11.4. The molecule has 1 N–H and O–H groups in total. The summed E-state index contributed by atoms with van der Waals surface area (Å²) in [7, 11) is 0. The summed E-state index contributed by atoms with van der Waals surface area (Å²) < 4.78 is 0.788. The molecule has 94 valence electrons. The predicted molar refractivity (Wildman–Crippen MR) is 79.1 cm³/mol. The smallest absolute Gasteiger partial charge is 0.251 e. The van der Waals surface area contributed by atoms with Crippen LogP contribution in [0.25, 0.3) is 0 Å². The van der Waals surface area contributed by atoms with Crippen molar-refractivity contribution in [3.63, 3.8) is 0 Å². The molecule has 0 aliphatic heterocycles. The summed E-state index contributed by atoms with van der Waals surface area (Å²) in [4.78, 5) is 11.9. The summed E-state index contributed by atoms with van der Waals surface area (Å²) in [5, 5.41) is 4.27. The third kappa shape index (κ3) is 4.60. The first kappa shape index (κ1) is 15.0. The van der Waals surface area contributed by atoms with Crippen LogP contribution in [0.15, 0.2) is 22.7 Å². The van der Waals surface area contributed by atoms with E-state index in [2.05, 4.69) is 51.0 Å². The van der Waals surface area contributed by atoms with E-state index in [1.807, 2.05) is 0 Å². The summed E-state index contributed by atoms with van der Waals surface area (Å²) >= 11 is 12.7. The minimum atomic E-state index is -0.103. The molecular weight excluding hydrogens is 369 g/mol. The van der Waals surface area contributed by atoms with Gasteiger partial charge in [-0.25, -0.2) is 0 Å². The van der Waals surface area contributed by atoms with Gasteiger partial charge in [0.05, 0.1) is 5.02 Å². The van der Waals surface area contributed by atoms with E-state index in [-0.39, 0.29) is 11.3 Å². The zero-order valence-corrected chi connectivity index (χ0v) is 13.6. The van der Waals surface area contributed by atoms with Gasteiger partial charge in [0, 0.05) is 21.9 Å². The number of carbonyl (C=O) groups is 1. The molecule has 0 saturated carbocycles. The van der Waals surface area contributed by atoms with Crippen LogP contribution in [0.1, 0.15) is 24.2 Å². The molecule has 0 atom stereocenters. The molecule has 0 radical (unpaired) electrons. The molecule has 5 heteroatoms. The van der Waals surface area contributed by atoms with Crippen LogP contribution in [0.2, 0.25) is 5.02 Å². The highest BCUT2D eigenvalue weighted by Crippen LogP contribution is 2.23. The molecule has 0 saturated heterocycles. The van der Waals surface area contributed by atoms with Crippen LogP contribution in [-0.2, 0) is 0 Å². The van der Waals surface area contributed by atoms with Gasteiger partial charge in [-0.3, -0.25) is 4.79 Å². The van der Waals surface area contributed by atoms with Crippen LogP contribution in [0.4, 0.5) is 0 Å². The average molecular weight is 384 g/mol. The van der Waals surface area contributed by atoms with Crippen molar-refractivity contribution < 1.29 is 4.79 Å². The molecule has 0 aliphatic carbocycles. The maximum Gasteiger partial charge on any atom is 0.251 e. The maximum absolute atomic E-state index is 11.9. The third-order valence-corrected chi connectivity index (χ3v) is 5.02. The molecule has 17 heavy (non-hydrogen) atoms. The Hall–Kier alpha value is -0.0600. The number of nitrogens with one attached hydrogen (secondary N) is 1. The Bertz CT molecular complexity index is 421. The number of benzene rings is 1. The first-order chi connectivity index (χ1) is 7.85. The zero-order chi connectivity index (χ0) is 13.1. The largest absolute Gasteiger partial charge is 0.351 e. The lowest BCUT2D eigenvalue weighted by Crippen LogP contribution is -2.34. The molecule has 0 fully saturated rings. The Morgan fingerprint density at radius 3 is 2.65 bits per heavy atom. The highest BCUT2D eigenvalue weighted by atomic mass is 79.9. The quantitative estimate of drug-likeness (QED) is 0.774. The zero-order valence-electron chi connectivity index (χ0n) is 9.69. The fourth-order valence-corrected chi connectivity index (χ4v) is 1.73. The first-order valence-corrected chi connectivity index (χ1v) is 7.44. The second kappa shape index (κ2) is 6.21. The number of hydrogen-bond acceptors (Lipinski definition) is 1. The van der Waals surface area contributed by atoms with Gasteiger partial charge in [-0.2, -0.15) is 0 Å². The second-order valence-corrected chi connectivity index (χ2v) is 6.43. The number of hydrogen-bond donors (Lipinski definition) is 1. The van der Waals surface area contributed by atoms with Gasteiger partial charge >= 0.3 is 0 Å². The molecule has 0 spiro atoms. The molecule has 0 aliphatic rings. The molecule has 0 heterocycles. The fraction of sp³-hybridized carbons (Fsp3) is 0.417. The van der Waals surface area contributed by atoms with Crippen molar-refractivity contribution in [3.8, 4) is 0 Å². The Morgan fingerprint density at radius 2 is 2.12 bits per heavy atom. The summed E-state index contributed by atoms with van der Waals surface area (Å²) in [6.45, 7) is 4.78. The molecule has 0 aromatic heterocycles. The molecule has 0 bridgehead atoms. The van der Waals surface area contributed by atoms with E-state index in [1.54, 1.807) is 18.2 Å². The number of rotatable bonds is 4. The van der Waals surface area contributed by atoms with E-state index < -0.39 is 0 Å². The molecule has 1 amide bonds. The van der Waals surface area contributed by atoms with Crippen molar-refractivity contribution in [2.75, 3.05) is 11.9 Å². The Kier molecular flexibility index (Phi) is 5.48. The van der Waals surface area contributed by atoms with Crippen molar-refractivity contribution in [1.29, 1.82) is 0 Å². The summed E-state index contributed by atoms with van der Waals surface area (Å²) in [6, 6.07) is 5.17. The lowest BCUT2D eigenvalue weighted by molar-refractivity contribution is 0.0940. The van der Waals surface area contributed by atoms with Gasteiger partial charge in [0.1, 0.15) is 0 Å². The predicted octanol–water partition coefficient (Wildman–Crippen LogP) is 4.25. The summed E-state index contributed by atoms with van der Waals surface area (Å²) in [5.74, 6) is -0.103. The van der Waals surface area contributed by atoms with Gasteiger partial charge in [-0.15, -0.1) is 0 Å². The number of halogens is 3. The topological polar surface area (TPSA) is 29.1 Å². The van der Waals surface area contributed by atoms with Crippen LogP contribution < -0.4 is 5.32 Å². The lowest BCUT2D eigenvalue weighted by atomic mass is 9.97. The van der Waals surface area contributed by atoms with Crippen molar-refractivity contribution >= 4 is 49.4 Å². The van der Waals surface area contributed by atoms with Crippen LogP contribution in [0.5, 0.6) is 0 Å². The molecule has 1 rings (SSSR count).